The van der Waals surface area contributed by atoms with Gasteiger partial charge in [-0.25, -0.2) is 13.2 Å². The van der Waals surface area contributed by atoms with Crippen molar-refractivity contribution in [2.24, 2.45) is 0 Å². The van der Waals surface area contributed by atoms with Crippen LogP contribution in [0.25, 0.3) is 0 Å². The van der Waals surface area contributed by atoms with Gasteiger partial charge in [-0.1, -0.05) is 32.0 Å². The van der Waals surface area contributed by atoms with Gasteiger partial charge in [0.25, 0.3) is 5.91 Å². The summed E-state index contributed by atoms with van der Waals surface area (Å²) in [5, 5.41) is 0. The van der Waals surface area contributed by atoms with E-state index < -0.39 is 22.6 Å². The van der Waals surface area contributed by atoms with Gasteiger partial charge in [0.1, 0.15) is 0 Å². The third-order valence-corrected chi connectivity index (χ3v) is 8.76. The van der Waals surface area contributed by atoms with Crippen molar-refractivity contribution in [1.29, 1.82) is 0 Å². The number of fused-ring (bicyclic) bond motifs is 1. The molecule has 35 heavy (non-hydrogen) atoms. The second-order valence-corrected chi connectivity index (χ2v) is 10.8. The van der Waals surface area contributed by atoms with Crippen LogP contribution in [0.15, 0.2) is 47.4 Å². The zero-order valence-electron chi connectivity index (χ0n) is 20.4. The van der Waals surface area contributed by atoms with Crippen LogP contribution in [0.1, 0.15) is 49.0 Å². The summed E-state index contributed by atoms with van der Waals surface area (Å²) >= 11 is 0. The van der Waals surface area contributed by atoms with Crippen molar-refractivity contribution in [3.63, 3.8) is 0 Å². The maximum absolute atomic E-state index is 13.2. The number of carbonyl (C=O) groups is 2. The lowest BCUT2D eigenvalue weighted by Crippen LogP contribution is -2.38. The molecular weight excluding hydrogens is 466 g/mol. The predicted molar refractivity (Wildman–Crippen MR) is 135 cm³/mol. The quantitative estimate of drug-likeness (QED) is 0.517. The molecule has 0 spiro atoms. The van der Waals surface area contributed by atoms with Crippen molar-refractivity contribution in [2.75, 3.05) is 49.1 Å². The molecule has 2 aliphatic rings. The normalized spacial score (nSPS) is 15.9. The van der Waals surface area contributed by atoms with Crippen LogP contribution in [0.5, 0.6) is 0 Å². The van der Waals surface area contributed by atoms with Gasteiger partial charge in [0.2, 0.25) is 10.0 Å². The van der Waals surface area contributed by atoms with E-state index in [1.165, 1.54) is 10.4 Å². The standard InChI is InChI=1S/C26H33N3O5S/c1-3-28(4-2)35(32,33)21-13-14-24(27-15-7-8-16-27)22(18-21)26(31)34-19-25(30)29-17-9-11-20-10-5-6-12-23(20)29/h5-6,10,12-14,18H,3-4,7-9,11,15-17,19H2,1-2H3. The minimum absolute atomic E-state index is 0.0485. The highest BCUT2D eigenvalue weighted by Crippen LogP contribution is 2.30. The molecule has 1 amide bonds. The first-order valence-corrected chi connectivity index (χ1v) is 13.7. The van der Waals surface area contributed by atoms with Gasteiger partial charge < -0.3 is 14.5 Å². The number of amides is 1. The highest BCUT2D eigenvalue weighted by atomic mass is 32.2. The van der Waals surface area contributed by atoms with Gasteiger partial charge in [-0.05, 0) is 55.5 Å². The Hall–Kier alpha value is -2.91. The zero-order chi connectivity index (χ0) is 25.0. The number of nitrogens with zero attached hydrogens (tertiary/aromatic N) is 3. The molecule has 1 fully saturated rings. The molecule has 8 nitrogen and oxygen atoms in total. The fourth-order valence-corrected chi connectivity index (χ4v) is 6.35. The summed E-state index contributed by atoms with van der Waals surface area (Å²) in [4.78, 5) is 30.0. The molecule has 0 aromatic heterocycles. The van der Waals surface area contributed by atoms with Gasteiger partial charge in [-0.15, -0.1) is 0 Å². The number of rotatable bonds is 8. The fraction of sp³-hybridized carbons (Fsp3) is 0.462. The summed E-state index contributed by atoms with van der Waals surface area (Å²) in [7, 11) is -3.75. The summed E-state index contributed by atoms with van der Waals surface area (Å²) in [6.45, 7) is 5.95. The van der Waals surface area contributed by atoms with E-state index in [1.54, 1.807) is 30.9 Å². The van der Waals surface area contributed by atoms with Crippen LogP contribution in [0.4, 0.5) is 11.4 Å². The summed E-state index contributed by atoms with van der Waals surface area (Å²) in [5.74, 6) is -0.984. The first kappa shape index (κ1) is 25.2. The molecular formula is C26H33N3O5S. The number of carbonyl (C=O) groups excluding carboxylic acids is 2. The second kappa shape index (κ2) is 10.8. The van der Waals surface area contributed by atoms with Gasteiger partial charge in [0.15, 0.2) is 6.61 Å². The van der Waals surface area contributed by atoms with Crippen LogP contribution in [-0.4, -0.2) is 63.9 Å². The number of sulfonamides is 1. The fourth-order valence-electron chi connectivity index (χ4n) is 4.86. The molecule has 9 heteroatoms. The largest absolute Gasteiger partial charge is 0.452 e. The smallest absolute Gasteiger partial charge is 0.340 e. The lowest BCUT2D eigenvalue weighted by Gasteiger charge is -2.29. The lowest BCUT2D eigenvalue weighted by atomic mass is 10.0. The Morgan fingerprint density at radius 2 is 1.66 bits per heavy atom. The number of esters is 1. The van der Waals surface area contributed by atoms with Crippen LogP contribution in [-0.2, 0) is 26.0 Å². The number of hydrogen-bond donors (Lipinski definition) is 0. The molecule has 0 bridgehead atoms. The Bertz CT molecular complexity index is 1190. The topological polar surface area (TPSA) is 87.2 Å². The van der Waals surface area contributed by atoms with Gasteiger partial charge in [-0.2, -0.15) is 4.31 Å². The molecule has 2 aromatic rings. The van der Waals surface area contributed by atoms with Crippen LogP contribution in [0, 0.1) is 0 Å². The van der Waals surface area contributed by atoms with Gasteiger partial charge >= 0.3 is 5.97 Å². The maximum Gasteiger partial charge on any atom is 0.340 e. The van der Waals surface area contributed by atoms with E-state index in [0.717, 1.165) is 50.0 Å². The van der Waals surface area contributed by atoms with Gasteiger partial charge in [0, 0.05) is 38.4 Å². The van der Waals surface area contributed by atoms with Crippen LogP contribution in [0.3, 0.4) is 0 Å². The van der Waals surface area contributed by atoms with E-state index in [1.807, 2.05) is 24.3 Å². The Kier molecular flexibility index (Phi) is 7.76. The molecule has 0 saturated carbocycles. The van der Waals surface area contributed by atoms with E-state index in [4.69, 9.17) is 4.74 Å². The maximum atomic E-state index is 13.2. The van der Waals surface area contributed by atoms with E-state index in [-0.39, 0.29) is 16.4 Å². The minimum Gasteiger partial charge on any atom is -0.452 e. The van der Waals surface area contributed by atoms with Crippen molar-refractivity contribution in [1.82, 2.24) is 4.31 Å². The van der Waals surface area contributed by atoms with Crippen LogP contribution < -0.4 is 9.80 Å². The number of anilines is 2. The SMILES string of the molecule is CCN(CC)S(=O)(=O)c1ccc(N2CCCC2)c(C(=O)OCC(=O)N2CCCc3ccccc32)c1. The van der Waals surface area contributed by atoms with Crippen LogP contribution in [0.2, 0.25) is 0 Å². The number of hydrogen-bond acceptors (Lipinski definition) is 6. The van der Waals surface area contributed by atoms with E-state index >= 15 is 0 Å². The molecule has 0 aliphatic carbocycles. The summed E-state index contributed by atoms with van der Waals surface area (Å²) < 4.78 is 33.0. The lowest BCUT2D eigenvalue weighted by molar-refractivity contribution is -0.121. The van der Waals surface area contributed by atoms with Crippen molar-refractivity contribution in [3.8, 4) is 0 Å². The first-order valence-electron chi connectivity index (χ1n) is 12.3. The number of benzene rings is 2. The van der Waals surface area contributed by atoms with Crippen molar-refractivity contribution in [3.05, 3.63) is 53.6 Å². The molecule has 2 aromatic carbocycles. The molecule has 188 valence electrons. The minimum atomic E-state index is -3.75. The van der Waals surface area contributed by atoms with E-state index in [9.17, 15) is 18.0 Å². The van der Waals surface area contributed by atoms with Crippen molar-refractivity contribution < 1.29 is 22.7 Å². The van der Waals surface area contributed by atoms with Crippen LogP contribution >= 0.6 is 0 Å². The average Bonchev–Trinajstić information content (AvgIpc) is 3.42. The molecule has 1 saturated heterocycles. The van der Waals surface area contributed by atoms with Gasteiger partial charge in [0.05, 0.1) is 16.1 Å². The van der Waals surface area contributed by atoms with E-state index in [2.05, 4.69) is 4.90 Å². The summed E-state index contributed by atoms with van der Waals surface area (Å²) in [6, 6.07) is 12.4. The zero-order valence-corrected chi connectivity index (χ0v) is 21.2. The highest BCUT2D eigenvalue weighted by Gasteiger charge is 2.28. The molecule has 2 heterocycles. The Morgan fingerprint density at radius 3 is 2.37 bits per heavy atom. The number of para-hydroxylation sites is 1. The second-order valence-electron chi connectivity index (χ2n) is 8.82. The Balaban J connectivity index is 1.57. The molecule has 0 radical (unpaired) electrons. The predicted octanol–water partition coefficient (Wildman–Crippen LogP) is 3.45. The Labute approximate surface area is 207 Å². The average molecular weight is 500 g/mol. The van der Waals surface area contributed by atoms with E-state index in [0.29, 0.717) is 25.3 Å². The third-order valence-electron chi connectivity index (χ3n) is 6.72. The summed E-state index contributed by atoms with van der Waals surface area (Å²) in [5.41, 5.74) is 2.77. The van der Waals surface area contributed by atoms with Crippen molar-refractivity contribution in [2.45, 2.75) is 44.4 Å². The molecule has 0 atom stereocenters. The summed E-state index contributed by atoms with van der Waals surface area (Å²) in [6.07, 6.45) is 3.76. The molecule has 2 aliphatic heterocycles. The first-order chi connectivity index (χ1) is 16.9. The molecule has 0 N–H and O–H groups in total. The Morgan fingerprint density at radius 1 is 0.943 bits per heavy atom. The number of aryl methyl sites for hydroxylation is 1. The number of ether oxygens (including phenoxy) is 1. The van der Waals surface area contributed by atoms with Crippen molar-refractivity contribution >= 4 is 33.3 Å². The monoisotopic (exact) mass is 499 g/mol. The molecule has 4 rings (SSSR count). The van der Waals surface area contributed by atoms with Gasteiger partial charge in [-0.3, -0.25) is 4.79 Å². The third kappa shape index (κ3) is 5.21. The highest BCUT2D eigenvalue weighted by molar-refractivity contribution is 7.89. The molecule has 0 unspecified atom stereocenters.